The summed E-state index contributed by atoms with van der Waals surface area (Å²) in [5.74, 6) is 0.0872. The fourth-order valence-corrected chi connectivity index (χ4v) is 3.52. The molecule has 1 saturated heterocycles. The smallest absolute Gasteiger partial charge is 0.322 e. The van der Waals surface area contributed by atoms with Crippen LogP contribution in [-0.4, -0.2) is 60.6 Å². The van der Waals surface area contributed by atoms with Crippen LogP contribution in [0.25, 0.3) is 0 Å². The van der Waals surface area contributed by atoms with E-state index in [-0.39, 0.29) is 31.6 Å². The van der Waals surface area contributed by atoms with Crippen molar-refractivity contribution in [2.45, 2.75) is 20.3 Å². The molecule has 32 heavy (non-hydrogen) atoms. The van der Waals surface area contributed by atoms with Crippen LogP contribution in [0, 0.1) is 0 Å². The molecule has 0 radical (unpaired) electrons. The Hall–Kier alpha value is -3.26. The Kier molecular flexibility index (Phi) is 7.94. The molecule has 1 N–H and O–H groups in total. The summed E-state index contributed by atoms with van der Waals surface area (Å²) in [5, 5.41) is 3.40. The van der Waals surface area contributed by atoms with Crippen LogP contribution in [0.3, 0.4) is 0 Å². The van der Waals surface area contributed by atoms with Gasteiger partial charge in [-0.05, 0) is 49.7 Å². The average Bonchev–Trinajstić information content (AvgIpc) is 3.17. The Morgan fingerprint density at radius 2 is 1.84 bits per heavy atom. The minimum Gasteiger partial charge on any atom is -0.492 e. The van der Waals surface area contributed by atoms with Crippen molar-refractivity contribution in [1.29, 1.82) is 0 Å². The third-order valence-electron chi connectivity index (χ3n) is 4.97. The number of anilines is 2. The molecule has 1 fully saturated rings. The van der Waals surface area contributed by atoms with Crippen LogP contribution in [0.1, 0.15) is 20.3 Å². The van der Waals surface area contributed by atoms with Gasteiger partial charge in [0.1, 0.15) is 25.5 Å². The molecular formula is C23H27ClN4O4. The fraction of sp³-hybridized carbons (Fsp3) is 0.348. The SMILES string of the molecule is CCCN(CC(=O)N1CC(=O)N(c2ccc(Cl)cc2)C1)C(=O)Nc1ccccc1OCC. The van der Waals surface area contributed by atoms with Gasteiger partial charge in [-0.2, -0.15) is 0 Å². The highest BCUT2D eigenvalue weighted by Crippen LogP contribution is 2.24. The van der Waals surface area contributed by atoms with Gasteiger partial charge in [0.25, 0.3) is 0 Å². The number of benzene rings is 2. The van der Waals surface area contributed by atoms with Crippen LogP contribution >= 0.6 is 11.6 Å². The van der Waals surface area contributed by atoms with Gasteiger partial charge >= 0.3 is 6.03 Å². The van der Waals surface area contributed by atoms with E-state index >= 15 is 0 Å². The molecule has 1 aliphatic heterocycles. The first-order valence-corrected chi connectivity index (χ1v) is 10.9. The highest BCUT2D eigenvalue weighted by Gasteiger charge is 2.33. The predicted molar refractivity (Wildman–Crippen MR) is 124 cm³/mol. The molecule has 1 aliphatic rings. The van der Waals surface area contributed by atoms with Gasteiger partial charge in [-0.1, -0.05) is 30.7 Å². The standard InChI is InChI=1S/C23H27ClN4O4/c1-3-13-26(23(31)25-19-7-5-6-8-20(19)32-4-2)14-21(29)27-15-22(30)28(16-27)18-11-9-17(24)10-12-18/h5-12H,3-4,13-16H2,1-2H3,(H,25,31). The van der Waals surface area contributed by atoms with Gasteiger partial charge in [-0.25, -0.2) is 4.79 Å². The Morgan fingerprint density at radius 3 is 2.53 bits per heavy atom. The van der Waals surface area contributed by atoms with Crippen molar-refractivity contribution >= 4 is 40.8 Å². The number of rotatable bonds is 8. The number of ether oxygens (including phenoxy) is 1. The van der Waals surface area contributed by atoms with E-state index in [0.717, 1.165) is 0 Å². The van der Waals surface area contributed by atoms with Crippen molar-refractivity contribution < 1.29 is 19.1 Å². The van der Waals surface area contributed by atoms with Gasteiger partial charge in [0.15, 0.2) is 0 Å². The van der Waals surface area contributed by atoms with Gasteiger partial charge in [0, 0.05) is 17.3 Å². The van der Waals surface area contributed by atoms with Gasteiger partial charge < -0.3 is 19.9 Å². The molecule has 0 unspecified atom stereocenters. The Balaban J connectivity index is 1.65. The first kappa shape index (κ1) is 23.4. The summed E-state index contributed by atoms with van der Waals surface area (Å²) in [6.07, 6.45) is 0.684. The van der Waals surface area contributed by atoms with Crippen molar-refractivity contribution in [3.8, 4) is 5.75 Å². The Labute approximate surface area is 192 Å². The molecule has 1 heterocycles. The molecule has 8 nitrogen and oxygen atoms in total. The zero-order chi connectivity index (χ0) is 23.1. The van der Waals surface area contributed by atoms with Gasteiger partial charge in [-0.15, -0.1) is 0 Å². The maximum absolute atomic E-state index is 12.9. The van der Waals surface area contributed by atoms with Crippen LogP contribution in [0.15, 0.2) is 48.5 Å². The fourth-order valence-electron chi connectivity index (χ4n) is 3.39. The second-order valence-electron chi connectivity index (χ2n) is 7.31. The first-order valence-electron chi connectivity index (χ1n) is 10.5. The van der Waals surface area contributed by atoms with Crippen molar-refractivity contribution in [3.05, 3.63) is 53.6 Å². The molecule has 2 aromatic carbocycles. The van der Waals surface area contributed by atoms with E-state index < -0.39 is 6.03 Å². The number of carbonyl (C=O) groups is 3. The summed E-state index contributed by atoms with van der Waals surface area (Å²) in [6, 6.07) is 13.6. The van der Waals surface area contributed by atoms with Crippen molar-refractivity contribution in [1.82, 2.24) is 9.80 Å². The van der Waals surface area contributed by atoms with Crippen molar-refractivity contribution in [2.75, 3.05) is 43.1 Å². The summed E-state index contributed by atoms with van der Waals surface area (Å²) < 4.78 is 5.55. The largest absolute Gasteiger partial charge is 0.492 e. The third kappa shape index (κ3) is 5.70. The lowest BCUT2D eigenvalue weighted by Gasteiger charge is -2.25. The van der Waals surface area contributed by atoms with Crippen LogP contribution in [0.2, 0.25) is 5.02 Å². The van der Waals surface area contributed by atoms with Crippen molar-refractivity contribution in [2.24, 2.45) is 0 Å². The van der Waals surface area contributed by atoms with E-state index in [0.29, 0.717) is 41.7 Å². The number of nitrogens with one attached hydrogen (secondary N) is 1. The van der Waals surface area contributed by atoms with Crippen LogP contribution in [-0.2, 0) is 9.59 Å². The zero-order valence-electron chi connectivity index (χ0n) is 18.2. The number of para-hydroxylation sites is 2. The van der Waals surface area contributed by atoms with Gasteiger partial charge in [0.05, 0.1) is 12.3 Å². The molecule has 2 aromatic rings. The van der Waals surface area contributed by atoms with E-state index in [1.54, 1.807) is 42.5 Å². The molecule has 0 atom stereocenters. The molecule has 170 valence electrons. The Morgan fingerprint density at radius 1 is 1.12 bits per heavy atom. The number of hydrogen-bond acceptors (Lipinski definition) is 4. The Bertz CT molecular complexity index is 967. The maximum Gasteiger partial charge on any atom is 0.322 e. The summed E-state index contributed by atoms with van der Waals surface area (Å²) >= 11 is 5.92. The van der Waals surface area contributed by atoms with Crippen LogP contribution < -0.4 is 15.0 Å². The second-order valence-corrected chi connectivity index (χ2v) is 7.75. The summed E-state index contributed by atoms with van der Waals surface area (Å²) in [4.78, 5) is 42.7. The van der Waals surface area contributed by atoms with E-state index in [1.807, 2.05) is 19.9 Å². The summed E-state index contributed by atoms with van der Waals surface area (Å²) in [5.41, 5.74) is 1.21. The number of carbonyl (C=O) groups excluding carboxylic acids is 3. The van der Waals surface area contributed by atoms with E-state index in [9.17, 15) is 14.4 Å². The highest BCUT2D eigenvalue weighted by molar-refractivity contribution is 6.30. The predicted octanol–water partition coefficient (Wildman–Crippen LogP) is 3.82. The van der Waals surface area contributed by atoms with Crippen LogP contribution in [0.5, 0.6) is 5.75 Å². The first-order chi connectivity index (χ1) is 15.4. The topological polar surface area (TPSA) is 82.2 Å². The van der Waals surface area contributed by atoms with Gasteiger partial charge in [0.2, 0.25) is 11.8 Å². The number of amides is 4. The van der Waals surface area contributed by atoms with Crippen LogP contribution in [0.4, 0.5) is 16.2 Å². The summed E-state index contributed by atoms with van der Waals surface area (Å²) in [6.45, 7) is 4.64. The molecule has 4 amide bonds. The maximum atomic E-state index is 12.9. The highest BCUT2D eigenvalue weighted by atomic mass is 35.5. The molecule has 0 bridgehead atoms. The molecule has 9 heteroatoms. The minimum absolute atomic E-state index is 0.0315. The van der Waals surface area contributed by atoms with E-state index in [1.165, 1.54) is 14.7 Å². The van der Waals surface area contributed by atoms with E-state index in [4.69, 9.17) is 16.3 Å². The number of hydrogen-bond donors (Lipinski definition) is 1. The number of halogens is 1. The zero-order valence-corrected chi connectivity index (χ0v) is 19.0. The second kappa shape index (κ2) is 10.9. The normalized spacial score (nSPS) is 13.3. The van der Waals surface area contributed by atoms with Crippen molar-refractivity contribution in [3.63, 3.8) is 0 Å². The lowest BCUT2D eigenvalue weighted by Crippen LogP contribution is -2.44. The third-order valence-corrected chi connectivity index (χ3v) is 5.22. The quantitative estimate of drug-likeness (QED) is 0.652. The molecule has 3 rings (SSSR count). The van der Waals surface area contributed by atoms with E-state index in [2.05, 4.69) is 5.32 Å². The lowest BCUT2D eigenvalue weighted by atomic mass is 10.3. The molecule has 0 aromatic heterocycles. The van der Waals surface area contributed by atoms with Gasteiger partial charge in [-0.3, -0.25) is 14.5 Å². The molecule has 0 aliphatic carbocycles. The minimum atomic E-state index is -0.396. The average molecular weight is 459 g/mol. The monoisotopic (exact) mass is 458 g/mol. The molecule has 0 spiro atoms. The molecule has 0 saturated carbocycles. The summed E-state index contributed by atoms with van der Waals surface area (Å²) in [7, 11) is 0. The number of urea groups is 1. The lowest BCUT2D eigenvalue weighted by molar-refractivity contribution is -0.132. The molecular weight excluding hydrogens is 432 g/mol. The number of nitrogens with zero attached hydrogens (tertiary/aromatic N) is 3.